The van der Waals surface area contributed by atoms with E-state index >= 15 is 0 Å². The van der Waals surface area contributed by atoms with E-state index in [4.69, 9.17) is 0 Å². The highest BCUT2D eigenvalue weighted by atomic mass is 79.9. The molecule has 0 saturated carbocycles. The van der Waals surface area contributed by atoms with Crippen molar-refractivity contribution in [2.45, 2.75) is 19.9 Å². The third-order valence-corrected chi connectivity index (χ3v) is 4.50. The van der Waals surface area contributed by atoms with Crippen LogP contribution in [-0.2, 0) is 13.0 Å². The average molecular weight is 346 g/mol. The number of hydrogen-bond acceptors (Lipinski definition) is 2. The minimum Gasteiger partial charge on any atom is -0.508 e. The zero-order chi connectivity index (χ0) is 15.0. The highest BCUT2D eigenvalue weighted by Crippen LogP contribution is 2.26. The van der Waals surface area contributed by atoms with Crippen LogP contribution < -0.4 is 0 Å². The van der Waals surface area contributed by atoms with Gasteiger partial charge in [0.1, 0.15) is 5.75 Å². The first-order valence-electron chi connectivity index (χ1n) is 6.91. The second kappa shape index (κ2) is 5.53. The summed E-state index contributed by atoms with van der Waals surface area (Å²) in [6.07, 6.45) is 0.824. The minimum atomic E-state index is 0.0240. The highest BCUT2D eigenvalue weighted by Gasteiger charge is 2.23. The molecule has 0 fully saturated rings. The molecule has 21 heavy (non-hydrogen) atoms. The van der Waals surface area contributed by atoms with E-state index < -0.39 is 0 Å². The van der Waals surface area contributed by atoms with Crippen LogP contribution in [0.4, 0.5) is 0 Å². The van der Waals surface area contributed by atoms with Crippen molar-refractivity contribution in [1.29, 1.82) is 0 Å². The minimum absolute atomic E-state index is 0.0240. The molecule has 0 unspecified atom stereocenters. The van der Waals surface area contributed by atoms with Crippen LogP contribution in [0.25, 0.3) is 0 Å². The number of phenolic OH excluding ortho intramolecular Hbond substituents is 1. The summed E-state index contributed by atoms with van der Waals surface area (Å²) in [6.45, 7) is 3.25. The molecule has 3 rings (SSSR count). The van der Waals surface area contributed by atoms with Crippen LogP contribution in [0, 0.1) is 6.92 Å². The molecule has 1 aliphatic rings. The standard InChI is InChI=1S/C17H16BrNO2/c1-11-2-5-15(16(18)8-11)17(21)19-7-6-12-3-4-14(20)9-13(12)10-19/h2-5,8-9,20H,6-7,10H2,1H3. The zero-order valence-electron chi connectivity index (χ0n) is 11.8. The number of rotatable bonds is 1. The predicted molar refractivity (Wildman–Crippen MR) is 85.4 cm³/mol. The molecule has 0 atom stereocenters. The van der Waals surface area contributed by atoms with Crippen molar-refractivity contribution in [3.05, 3.63) is 63.1 Å². The second-order valence-electron chi connectivity index (χ2n) is 5.41. The maximum Gasteiger partial charge on any atom is 0.255 e. The number of halogens is 1. The molecule has 3 nitrogen and oxygen atoms in total. The predicted octanol–water partition coefficient (Wildman–Crippen LogP) is 3.66. The maximum absolute atomic E-state index is 12.7. The van der Waals surface area contributed by atoms with Crippen molar-refractivity contribution in [2.24, 2.45) is 0 Å². The number of aryl methyl sites for hydroxylation is 1. The van der Waals surface area contributed by atoms with E-state index in [1.54, 1.807) is 12.1 Å². The quantitative estimate of drug-likeness (QED) is 0.856. The van der Waals surface area contributed by atoms with E-state index in [1.807, 2.05) is 36.1 Å². The van der Waals surface area contributed by atoms with Gasteiger partial charge in [-0.05, 0) is 70.2 Å². The van der Waals surface area contributed by atoms with Gasteiger partial charge in [0.15, 0.2) is 0 Å². The summed E-state index contributed by atoms with van der Waals surface area (Å²) in [5.74, 6) is 0.274. The Hall–Kier alpha value is -1.81. The molecule has 0 radical (unpaired) electrons. The van der Waals surface area contributed by atoms with Gasteiger partial charge in [-0.25, -0.2) is 0 Å². The lowest BCUT2D eigenvalue weighted by atomic mass is 9.98. The van der Waals surface area contributed by atoms with Gasteiger partial charge in [-0.3, -0.25) is 4.79 Å². The Morgan fingerprint density at radius 2 is 2.00 bits per heavy atom. The molecule has 0 aromatic heterocycles. The molecule has 0 aliphatic carbocycles. The Morgan fingerprint density at radius 3 is 2.76 bits per heavy atom. The van der Waals surface area contributed by atoms with Crippen LogP contribution in [0.5, 0.6) is 5.75 Å². The van der Waals surface area contributed by atoms with Crippen LogP contribution in [-0.4, -0.2) is 22.5 Å². The van der Waals surface area contributed by atoms with Gasteiger partial charge in [0, 0.05) is 17.6 Å². The number of carbonyl (C=O) groups excluding carboxylic acids is 1. The van der Waals surface area contributed by atoms with Gasteiger partial charge < -0.3 is 10.0 Å². The number of fused-ring (bicyclic) bond motifs is 1. The lowest BCUT2D eigenvalue weighted by Crippen LogP contribution is -2.36. The second-order valence-corrected chi connectivity index (χ2v) is 6.27. The third-order valence-electron chi connectivity index (χ3n) is 3.84. The van der Waals surface area contributed by atoms with Gasteiger partial charge in [-0.15, -0.1) is 0 Å². The molecule has 0 spiro atoms. The van der Waals surface area contributed by atoms with Crippen LogP contribution >= 0.6 is 15.9 Å². The number of benzene rings is 2. The van der Waals surface area contributed by atoms with Gasteiger partial charge in [0.2, 0.25) is 0 Å². The molecule has 1 amide bonds. The summed E-state index contributed by atoms with van der Waals surface area (Å²) >= 11 is 3.47. The van der Waals surface area contributed by atoms with E-state index in [0.717, 1.165) is 22.0 Å². The lowest BCUT2D eigenvalue weighted by Gasteiger charge is -2.29. The van der Waals surface area contributed by atoms with E-state index in [-0.39, 0.29) is 11.7 Å². The first kappa shape index (κ1) is 14.1. The topological polar surface area (TPSA) is 40.5 Å². The van der Waals surface area contributed by atoms with Crippen molar-refractivity contribution in [2.75, 3.05) is 6.54 Å². The monoisotopic (exact) mass is 345 g/mol. The molecular weight excluding hydrogens is 330 g/mol. The van der Waals surface area contributed by atoms with Crippen LogP contribution in [0.1, 0.15) is 27.0 Å². The van der Waals surface area contributed by atoms with Crippen molar-refractivity contribution in [3.8, 4) is 5.75 Å². The Kier molecular flexibility index (Phi) is 3.72. The Labute approximate surface area is 132 Å². The van der Waals surface area contributed by atoms with Gasteiger partial charge in [-0.1, -0.05) is 12.1 Å². The number of hydrogen-bond donors (Lipinski definition) is 1. The van der Waals surface area contributed by atoms with Crippen LogP contribution in [0.3, 0.4) is 0 Å². The third kappa shape index (κ3) is 2.81. The molecule has 1 aliphatic heterocycles. The fourth-order valence-corrected chi connectivity index (χ4v) is 3.34. The summed E-state index contributed by atoms with van der Waals surface area (Å²) in [5.41, 5.74) is 4.04. The SMILES string of the molecule is Cc1ccc(C(=O)N2CCc3ccc(O)cc3C2)c(Br)c1. The van der Waals surface area contributed by atoms with Gasteiger partial charge in [0.05, 0.1) is 5.56 Å². The summed E-state index contributed by atoms with van der Waals surface area (Å²) in [7, 11) is 0. The van der Waals surface area contributed by atoms with Crippen molar-refractivity contribution in [3.63, 3.8) is 0 Å². The van der Waals surface area contributed by atoms with Gasteiger partial charge in [-0.2, -0.15) is 0 Å². The summed E-state index contributed by atoms with van der Waals surface area (Å²) in [4.78, 5) is 14.5. The molecule has 1 heterocycles. The summed E-state index contributed by atoms with van der Waals surface area (Å²) < 4.78 is 0.828. The Balaban J connectivity index is 1.87. The maximum atomic E-state index is 12.7. The molecule has 108 valence electrons. The Morgan fingerprint density at radius 1 is 1.19 bits per heavy atom. The summed E-state index contributed by atoms with van der Waals surface area (Å²) in [6, 6.07) is 11.2. The number of aromatic hydroxyl groups is 1. The summed E-state index contributed by atoms with van der Waals surface area (Å²) in [5, 5.41) is 9.59. The highest BCUT2D eigenvalue weighted by molar-refractivity contribution is 9.10. The van der Waals surface area contributed by atoms with Crippen LogP contribution in [0.15, 0.2) is 40.9 Å². The zero-order valence-corrected chi connectivity index (χ0v) is 13.4. The molecule has 2 aromatic carbocycles. The molecule has 0 saturated heterocycles. The van der Waals surface area contributed by atoms with E-state index in [1.165, 1.54) is 5.56 Å². The smallest absolute Gasteiger partial charge is 0.255 e. The first-order valence-corrected chi connectivity index (χ1v) is 7.70. The number of phenols is 1. The van der Waals surface area contributed by atoms with Crippen molar-refractivity contribution in [1.82, 2.24) is 4.90 Å². The molecular formula is C17H16BrNO2. The number of nitrogens with zero attached hydrogens (tertiary/aromatic N) is 1. The van der Waals surface area contributed by atoms with E-state index in [0.29, 0.717) is 18.7 Å². The Bertz CT molecular complexity index is 712. The first-order chi connectivity index (χ1) is 10.0. The number of carbonyl (C=O) groups is 1. The molecule has 2 aromatic rings. The van der Waals surface area contributed by atoms with Crippen molar-refractivity contribution < 1.29 is 9.90 Å². The number of amides is 1. The average Bonchev–Trinajstić information content (AvgIpc) is 2.46. The van der Waals surface area contributed by atoms with E-state index in [9.17, 15) is 9.90 Å². The molecule has 0 bridgehead atoms. The lowest BCUT2D eigenvalue weighted by molar-refractivity contribution is 0.0733. The largest absolute Gasteiger partial charge is 0.508 e. The normalized spacial score (nSPS) is 13.9. The molecule has 4 heteroatoms. The van der Waals surface area contributed by atoms with E-state index in [2.05, 4.69) is 15.9 Å². The fraction of sp³-hybridized carbons (Fsp3) is 0.235. The van der Waals surface area contributed by atoms with Crippen molar-refractivity contribution >= 4 is 21.8 Å². The van der Waals surface area contributed by atoms with Gasteiger partial charge in [0.25, 0.3) is 5.91 Å². The van der Waals surface area contributed by atoms with Gasteiger partial charge >= 0.3 is 0 Å². The fourth-order valence-electron chi connectivity index (χ4n) is 2.68. The molecule has 1 N–H and O–H groups in total. The van der Waals surface area contributed by atoms with Crippen LogP contribution in [0.2, 0.25) is 0 Å².